The molecule has 0 atom stereocenters. The van der Waals surface area contributed by atoms with Crippen LogP contribution in [0.15, 0.2) is 36.1 Å². The first-order valence-corrected chi connectivity index (χ1v) is 7.26. The number of nitrogens with zero attached hydrogens (tertiary/aromatic N) is 2. The zero-order valence-corrected chi connectivity index (χ0v) is 12.4. The van der Waals surface area contributed by atoms with Crippen LogP contribution in [0.1, 0.15) is 27.2 Å². The minimum absolute atomic E-state index is 0.259. The highest BCUT2D eigenvalue weighted by atomic mass is 16.1. The Morgan fingerprint density at radius 2 is 1.84 bits per heavy atom. The summed E-state index contributed by atoms with van der Waals surface area (Å²) in [4.78, 5) is 15.7. The summed E-state index contributed by atoms with van der Waals surface area (Å²) in [6, 6.07) is 0. The molecule has 0 aromatic carbocycles. The fourth-order valence-corrected chi connectivity index (χ4v) is 2.26. The third-order valence-electron chi connectivity index (χ3n) is 3.15. The fourth-order valence-electron chi connectivity index (χ4n) is 2.26. The van der Waals surface area contributed by atoms with E-state index in [1.165, 1.54) is 5.70 Å². The van der Waals surface area contributed by atoms with E-state index in [2.05, 4.69) is 40.2 Å². The van der Waals surface area contributed by atoms with Crippen molar-refractivity contribution in [3.05, 3.63) is 36.1 Å². The largest absolute Gasteiger partial charge is 0.369 e. The topological polar surface area (TPSA) is 23.6 Å². The molecule has 0 unspecified atom stereocenters. The van der Waals surface area contributed by atoms with Crippen molar-refractivity contribution in [1.29, 1.82) is 0 Å². The molecule has 0 radical (unpaired) electrons. The highest BCUT2D eigenvalue weighted by Gasteiger charge is 2.18. The van der Waals surface area contributed by atoms with Crippen molar-refractivity contribution in [3.8, 4) is 0 Å². The Bertz CT molecular complexity index is 361. The summed E-state index contributed by atoms with van der Waals surface area (Å²) in [5.41, 5.74) is 1.29. The van der Waals surface area contributed by atoms with E-state index in [1.807, 2.05) is 13.8 Å². The summed E-state index contributed by atoms with van der Waals surface area (Å²) in [5, 5.41) is 0. The van der Waals surface area contributed by atoms with E-state index in [-0.39, 0.29) is 5.78 Å². The molecule has 0 amide bonds. The molecule has 1 aliphatic carbocycles. The molecule has 3 heteroatoms. The Morgan fingerprint density at radius 1 is 1.16 bits per heavy atom. The predicted molar refractivity (Wildman–Crippen MR) is 81.0 cm³/mol. The standard InChI is InChI=1S/C14H20N2O.C2H6/c1-13(17)12-15-8-10-16(11-9-15)14-6-4-2-3-5-7-14;1-2/h2,4-7H,3,8-12H2,1H3;1-2H3. The molecule has 106 valence electrons. The molecule has 0 saturated carbocycles. The van der Waals surface area contributed by atoms with Gasteiger partial charge in [0.2, 0.25) is 0 Å². The molecule has 1 fully saturated rings. The van der Waals surface area contributed by atoms with Crippen LogP contribution in [-0.4, -0.2) is 48.3 Å². The number of hydrogen-bond acceptors (Lipinski definition) is 3. The first-order chi connectivity index (χ1) is 9.25. The summed E-state index contributed by atoms with van der Waals surface area (Å²) in [5.74, 6) is 0.259. The summed E-state index contributed by atoms with van der Waals surface area (Å²) >= 11 is 0. The van der Waals surface area contributed by atoms with Crippen LogP contribution >= 0.6 is 0 Å². The summed E-state index contributed by atoms with van der Waals surface area (Å²) in [7, 11) is 0. The molecule has 3 nitrogen and oxygen atoms in total. The van der Waals surface area contributed by atoms with Crippen molar-refractivity contribution >= 4 is 5.78 Å². The van der Waals surface area contributed by atoms with Gasteiger partial charge in [0.05, 0.1) is 6.54 Å². The summed E-state index contributed by atoms with van der Waals surface area (Å²) < 4.78 is 0. The quantitative estimate of drug-likeness (QED) is 0.781. The molecular formula is C16H26N2O. The van der Waals surface area contributed by atoms with Gasteiger partial charge in [0.25, 0.3) is 0 Å². The van der Waals surface area contributed by atoms with Gasteiger partial charge in [-0.25, -0.2) is 0 Å². The van der Waals surface area contributed by atoms with Gasteiger partial charge in [-0.1, -0.05) is 32.1 Å². The van der Waals surface area contributed by atoms with E-state index in [9.17, 15) is 4.79 Å². The van der Waals surface area contributed by atoms with Gasteiger partial charge in [-0.05, 0) is 25.5 Å². The highest BCUT2D eigenvalue weighted by molar-refractivity contribution is 5.77. The van der Waals surface area contributed by atoms with Crippen molar-refractivity contribution in [1.82, 2.24) is 9.80 Å². The number of allylic oxidation sites excluding steroid dienone is 5. The van der Waals surface area contributed by atoms with Gasteiger partial charge in [-0.15, -0.1) is 0 Å². The van der Waals surface area contributed by atoms with E-state index < -0.39 is 0 Å². The molecule has 0 N–H and O–H groups in total. The van der Waals surface area contributed by atoms with Crippen molar-refractivity contribution in [2.45, 2.75) is 27.2 Å². The van der Waals surface area contributed by atoms with Crippen LogP contribution in [0.4, 0.5) is 0 Å². The van der Waals surface area contributed by atoms with E-state index in [0.717, 1.165) is 32.6 Å². The molecular weight excluding hydrogens is 236 g/mol. The predicted octanol–water partition coefficient (Wildman–Crippen LogP) is 2.62. The minimum Gasteiger partial charge on any atom is -0.369 e. The second kappa shape index (κ2) is 8.70. The van der Waals surface area contributed by atoms with Crippen LogP contribution in [0.5, 0.6) is 0 Å². The maximum atomic E-state index is 11.1. The second-order valence-corrected chi connectivity index (χ2v) is 4.62. The Morgan fingerprint density at radius 3 is 2.47 bits per heavy atom. The molecule has 0 spiro atoms. The van der Waals surface area contributed by atoms with Gasteiger partial charge in [0.1, 0.15) is 5.78 Å². The Hall–Kier alpha value is -1.35. The number of carbonyl (C=O) groups excluding carboxylic acids is 1. The van der Waals surface area contributed by atoms with E-state index in [1.54, 1.807) is 6.92 Å². The molecule has 19 heavy (non-hydrogen) atoms. The Kier molecular flexibility index (Phi) is 7.19. The lowest BCUT2D eigenvalue weighted by molar-refractivity contribution is -0.118. The van der Waals surface area contributed by atoms with E-state index in [4.69, 9.17) is 0 Å². The molecule has 2 aliphatic rings. The average molecular weight is 262 g/mol. The average Bonchev–Trinajstić information content (AvgIpc) is 2.70. The third-order valence-corrected chi connectivity index (χ3v) is 3.15. The number of hydrogen-bond donors (Lipinski definition) is 0. The van der Waals surface area contributed by atoms with Crippen LogP contribution in [0, 0.1) is 0 Å². The van der Waals surface area contributed by atoms with Crippen LogP contribution in [-0.2, 0) is 4.79 Å². The second-order valence-electron chi connectivity index (χ2n) is 4.62. The van der Waals surface area contributed by atoms with Gasteiger partial charge >= 0.3 is 0 Å². The first-order valence-electron chi connectivity index (χ1n) is 7.26. The lowest BCUT2D eigenvalue weighted by atomic mass is 10.2. The van der Waals surface area contributed by atoms with Crippen LogP contribution in [0.25, 0.3) is 0 Å². The van der Waals surface area contributed by atoms with Gasteiger partial charge in [-0.3, -0.25) is 9.69 Å². The lowest BCUT2D eigenvalue weighted by Crippen LogP contribution is -2.46. The SMILES string of the molecule is CC.CC(=O)CN1CCN(C2=CC=CCC=C2)CC1. The van der Waals surface area contributed by atoms with Crippen LogP contribution in [0.3, 0.4) is 0 Å². The monoisotopic (exact) mass is 262 g/mol. The van der Waals surface area contributed by atoms with Crippen molar-refractivity contribution in [2.24, 2.45) is 0 Å². The zero-order valence-electron chi connectivity index (χ0n) is 12.4. The Labute approximate surface area is 117 Å². The van der Waals surface area contributed by atoms with Gasteiger partial charge in [0, 0.05) is 31.9 Å². The smallest absolute Gasteiger partial charge is 0.143 e. The molecule has 0 aromatic heterocycles. The van der Waals surface area contributed by atoms with Gasteiger partial charge in [-0.2, -0.15) is 0 Å². The number of carbonyl (C=O) groups is 1. The third kappa shape index (κ3) is 5.43. The molecule has 0 bridgehead atoms. The van der Waals surface area contributed by atoms with Crippen molar-refractivity contribution < 1.29 is 4.79 Å². The fraction of sp³-hybridized carbons (Fsp3) is 0.562. The van der Waals surface area contributed by atoms with Crippen molar-refractivity contribution in [2.75, 3.05) is 32.7 Å². The number of Topliss-reactive ketones (excluding diaryl/α,β-unsaturated/α-hetero) is 1. The summed E-state index contributed by atoms with van der Waals surface area (Å²) in [6.07, 6.45) is 11.9. The minimum atomic E-state index is 0.259. The number of piperazine rings is 1. The zero-order chi connectivity index (χ0) is 14.1. The number of rotatable bonds is 3. The van der Waals surface area contributed by atoms with Crippen LogP contribution < -0.4 is 0 Å². The summed E-state index contributed by atoms with van der Waals surface area (Å²) in [6.45, 7) is 10.2. The van der Waals surface area contributed by atoms with Gasteiger partial charge < -0.3 is 4.90 Å². The van der Waals surface area contributed by atoms with E-state index >= 15 is 0 Å². The maximum Gasteiger partial charge on any atom is 0.143 e. The normalized spacial score (nSPS) is 19.3. The molecule has 1 saturated heterocycles. The van der Waals surface area contributed by atoms with E-state index in [0.29, 0.717) is 6.54 Å². The molecule has 2 rings (SSSR count). The molecule has 1 heterocycles. The van der Waals surface area contributed by atoms with Crippen molar-refractivity contribution in [3.63, 3.8) is 0 Å². The number of ketones is 1. The molecule has 0 aromatic rings. The molecule has 1 aliphatic heterocycles. The Balaban J connectivity index is 0.000000861. The highest BCUT2D eigenvalue weighted by Crippen LogP contribution is 2.13. The maximum absolute atomic E-state index is 11.1. The first kappa shape index (κ1) is 15.7. The van der Waals surface area contributed by atoms with Crippen LogP contribution in [0.2, 0.25) is 0 Å². The lowest BCUT2D eigenvalue weighted by Gasteiger charge is -2.36. The van der Waals surface area contributed by atoms with Gasteiger partial charge in [0.15, 0.2) is 0 Å².